The highest BCUT2D eigenvalue weighted by molar-refractivity contribution is 8.00. The first-order chi connectivity index (χ1) is 13.1. The lowest BCUT2D eigenvalue weighted by Crippen LogP contribution is -2.49. The minimum Gasteiger partial charge on any atom is -0.377 e. The molecule has 152 valence electrons. The maximum atomic E-state index is 5.66. The maximum Gasteiger partial charge on any atom is 0.191 e. The van der Waals surface area contributed by atoms with Gasteiger partial charge in [-0.25, -0.2) is 0 Å². The Morgan fingerprint density at radius 1 is 1.22 bits per heavy atom. The van der Waals surface area contributed by atoms with Crippen LogP contribution in [0.25, 0.3) is 0 Å². The Morgan fingerprint density at radius 2 is 1.93 bits per heavy atom. The lowest BCUT2D eigenvalue weighted by atomic mass is 10.1. The average molecular weight is 393 g/mol. The van der Waals surface area contributed by atoms with E-state index in [-0.39, 0.29) is 0 Å². The molecule has 27 heavy (non-hydrogen) atoms. The van der Waals surface area contributed by atoms with E-state index in [1.165, 1.54) is 4.90 Å². The highest BCUT2D eigenvalue weighted by Gasteiger charge is 2.20. The summed E-state index contributed by atoms with van der Waals surface area (Å²) < 4.78 is 5.66. The molecule has 1 aliphatic heterocycles. The van der Waals surface area contributed by atoms with Crippen molar-refractivity contribution in [2.45, 2.75) is 55.9 Å². The van der Waals surface area contributed by atoms with Crippen LogP contribution in [-0.2, 0) is 4.74 Å². The number of benzene rings is 1. The van der Waals surface area contributed by atoms with Crippen LogP contribution in [0, 0.1) is 0 Å². The SMILES string of the molecule is CN=C(NCC(C)Sc1ccccc1)NC1CCN(CCOC(C)C)CC1. The molecule has 0 amide bonds. The van der Waals surface area contributed by atoms with E-state index in [4.69, 9.17) is 4.74 Å². The van der Waals surface area contributed by atoms with E-state index >= 15 is 0 Å². The molecule has 1 atom stereocenters. The topological polar surface area (TPSA) is 48.9 Å². The zero-order valence-corrected chi connectivity index (χ0v) is 18.1. The first-order valence-corrected chi connectivity index (χ1v) is 11.0. The Labute approximate surface area is 169 Å². The van der Waals surface area contributed by atoms with Gasteiger partial charge < -0.3 is 20.3 Å². The van der Waals surface area contributed by atoms with E-state index < -0.39 is 0 Å². The number of nitrogens with zero attached hydrogens (tertiary/aromatic N) is 2. The van der Waals surface area contributed by atoms with Crippen LogP contribution in [-0.4, -0.2) is 68.1 Å². The monoisotopic (exact) mass is 392 g/mol. The number of ether oxygens (including phenoxy) is 1. The molecule has 0 bridgehead atoms. The molecule has 1 fully saturated rings. The summed E-state index contributed by atoms with van der Waals surface area (Å²) in [6, 6.07) is 11.0. The van der Waals surface area contributed by atoms with Crippen LogP contribution >= 0.6 is 11.8 Å². The number of piperidine rings is 1. The number of likely N-dealkylation sites (tertiary alicyclic amines) is 1. The molecule has 0 saturated carbocycles. The predicted molar refractivity (Wildman–Crippen MR) is 117 cm³/mol. The summed E-state index contributed by atoms with van der Waals surface area (Å²) in [6.45, 7) is 11.4. The highest BCUT2D eigenvalue weighted by Crippen LogP contribution is 2.21. The summed E-state index contributed by atoms with van der Waals surface area (Å²) in [4.78, 5) is 8.20. The van der Waals surface area contributed by atoms with Crippen molar-refractivity contribution in [1.82, 2.24) is 15.5 Å². The van der Waals surface area contributed by atoms with Gasteiger partial charge in [-0.05, 0) is 38.8 Å². The Hall–Kier alpha value is -1.24. The van der Waals surface area contributed by atoms with Crippen LogP contribution in [0.5, 0.6) is 0 Å². The molecule has 6 heteroatoms. The van der Waals surface area contributed by atoms with E-state index in [1.54, 1.807) is 0 Å². The van der Waals surface area contributed by atoms with Gasteiger partial charge in [0.2, 0.25) is 0 Å². The van der Waals surface area contributed by atoms with Crippen LogP contribution in [0.3, 0.4) is 0 Å². The van der Waals surface area contributed by atoms with E-state index in [0.29, 0.717) is 17.4 Å². The molecule has 1 aliphatic rings. The summed E-state index contributed by atoms with van der Waals surface area (Å²) in [7, 11) is 1.85. The van der Waals surface area contributed by atoms with Gasteiger partial charge in [0.15, 0.2) is 5.96 Å². The second kappa shape index (κ2) is 12.3. The van der Waals surface area contributed by atoms with E-state index in [9.17, 15) is 0 Å². The summed E-state index contributed by atoms with van der Waals surface area (Å²) in [5, 5.41) is 7.55. The molecule has 0 radical (unpaired) electrons. The van der Waals surface area contributed by atoms with Crippen molar-refractivity contribution in [3.63, 3.8) is 0 Å². The van der Waals surface area contributed by atoms with Gasteiger partial charge in [0.05, 0.1) is 12.7 Å². The lowest BCUT2D eigenvalue weighted by Gasteiger charge is -2.33. The van der Waals surface area contributed by atoms with Gasteiger partial charge in [-0.1, -0.05) is 25.1 Å². The lowest BCUT2D eigenvalue weighted by molar-refractivity contribution is 0.0532. The zero-order chi connectivity index (χ0) is 19.5. The number of thioether (sulfide) groups is 1. The third-order valence-electron chi connectivity index (χ3n) is 4.65. The predicted octanol–water partition coefficient (Wildman–Crippen LogP) is 3.22. The van der Waals surface area contributed by atoms with Crippen LogP contribution in [0.15, 0.2) is 40.2 Å². The van der Waals surface area contributed by atoms with Gasteiger partial charge in [0.25, 0.3) is 0 Å². The number of hydrogen-bond donors (Lipinski definition) is 2. The molecule has 2 N–H and O–H groups in total. The summed E-state index contributed by atoms with van der Waals surface area (Å²) in [5.41, 5.74) is 0. The minimum absolute atomic E-state index is 0.320. The van der Waals surface area contributed by atoms with Crippen LogP contribution in [0.4, 0.5) is 0 Å². The molecule has 1 unspecified atom stereocenters. The van der Waals surface area contributed by atoms with Crippen molar-refractivity contribution < 1.29 is 4.74 Å². The summed E-state index contributed by atoms with van der Waals surface area (Å²) in [5.74, 6) is 0.914. The normalized spacial score (nSPS) is 17.9. The molecular weight excluding hydrogens is 356 g/mol. The Bertz CT molecular complexity index is 544. The summed E-state index contributed by atoms with van der Waals surface area (Å²) in [6.07, 6.45) is 2.62. The van der Waals surface area contributed by atoms with Crippen molar-refractivity contribution >= 4 is 17.7 Å². The minimum atomic E-state index is 0.320. The maximum absolute atomic E-state index is 5.66. The number of hydrogen-bond acceptors (Lipinski definition) is 4. The Kier molecular flexibility index (Phi) is 10.0. The smallest absolute Gasteiger partial charge is 0.191 e. The molecule has 1 saturated heterocycles. The number of aliphatic imine (C=N–C) groups is 1. The largest absolute Gasteiger partial charge is 0.377 e. The van der Waals surface area contributed by atoms with Gasteiger partial charge in [-0.15, -0.1) is 11.8 Å². The first kappa shape index (κ1) is 22.1. The van der Waals surface area contributed by atoms with E-state index in [0.717, 1.165) is 51.6 Å². The van der Waals surface area contributed by atoms with Gasteiger partial charge in [-0.3, -0.25) is 4.99 Å². The fourth-order valence-electron chi connectivity index (χ4n) is 3.12. The highest BCUT2D eigenvalue weighted by atomic mass is 32.2. The molecular formula is C21H36N4OS. The quantitative estimate of drug-likeness (QED) is 0.384. The van der Waals surface area contributed by atoms with E-state index in [2.05, 4.69) is 71.6 Å². The third-order valence-corrected chi connectivity index (χ3v) is 5.76. The molecule has 1 aromatic rings. The van der Waals surface area contributed by atoms with Gasteiger partial charge in [0, 0.05) is 49.4 Å². The van der Waals surface area contributed by atoms with Crippen LogP contribution in [0.2, 0.25) is 0 Å². The molecule has 5 nitrogen and oxygen atoms in total. The van der Waals surface area contributed by atoms with Crippen molar-refractivity contribution in [2.75, 3.05) is 39.8 Å². The van der Waals surface area contributed by atoms with Crippen molar-refractivity contribution in [3.05, 3.63) is 30.3 Å². The molecule has 2 rings (SSSR count). The second-order valence-electron chi connectivity index (χ2n) is 7.37. The second-order valence-corrected chi connectivity index (χ2v) is 8.89. The fourth-order valence-corrected chi connectivity index (χ4v) is 4.07. The molecule has 0 aromatic heterocycles. The number of guanidine groups is 1. The molecule has 0 aliphatic carbocycles. The standard InChI is InChI=1S/C21H36N4OS/c1-17(2)26-15-14-25-12-10-19(11-13-25)24-21(22-4)23-16-18(3)27-20-8-6-5-7-9-20/h5-9,17-19H,10-16H2,1-4H3,(H2,22,23,24). The van der Waals surface area contributed by atoms with Crippen molar-refractivity contribution in [1.29, 1.82) is 0 Å². The molecule has 0 spiro atoms. The molecule has 1 heterocycles. The van der Waals surface area contributed by atoms with Gasteiger partial charge in [-0.2, -0.15) is 0 Å². The Balaban J connectivity index is 1.64. The van der Waals surface area contributed by atoms with Gasteiger partial charge in [0.1, 0.15) is 0 Å². The van der Waals surface area contributed by atoms with Crippen molar-refractivity contribution in [2.24, 2.45) is 4.99 Å². The Morgan fingerprint density at radius 3 is 2.56 bits per heavy atom. The van der Waals surface area contributed by atoms with E-state index in [1.807, 2.05) is 18.8 Å². The number of nitrogens with one attached hydrogen (secondary N) is 2. The molecule has 1 aromatic carbocycles. The van der Waals surface area contributed by atoms with Crippen molar-refractivity contribution in [3.8, 4) is 0 Å². The average Bonchev–Trinajstić information content (AvgIpc) is 2.67. The fraction of sp³-hybridized carbons (Fsp3) is 0.667. The number of rotatable bonds is 9. The van der Waals surface area contributed by atoms with Crippen LogP contribution < -0.4 is 10.6 Å². The summed E-state index contributed by atoms with van der Waals surface area (Å²) >= 11 is 1.89. The zero-order valence-electron chi connectivity index (χ0n) is 17.3. The third kappa shape index (κ3) is 9.00. The first-order valence-electron chi connectivity index (χ1n) is 10.1. The van der Waals surface area contributed by atoms with Gasteiger partial charge >= 0.3 is 0 Å². The van der Waals surface area contributed by atoms with Crippen LogP contribution in [0.1, 0.15) is 33.6 Å².